The maximum Gasteiger partial charge on any atom is 0.316 e. The van der Waals surface area contributed by atoms with Crippen LogP contribution in [0.2, 0.25) is 0 Å². The smallest absolute Gasteiger partial charge is 0.316 e. The fraction of sp³-hybridized carbons (Fsp3) is 0.190. The molecule has 0 aliphatic heterocycles. The number of benzene rings is 1. The molecule has 10 nitrogen and oxygen atoms in total. The van der Waals surface area contributed by atoms with Crippen molar-refractivity contribution >= 4 is 32.7 Å². The zero-order chi connectivity index (χ0) is 24.5. The molecule has 3 heterocycles. The number of carbonyl (C=O) groups is 1. The number of rotatable bonds is 8. The SMILES string of the molecule is CCCS(=O)(=O)Nc1ccc(F)c(C(=O)c2c[nH]c3ncc(-c4cnc(OC)nc4)nc23)c1F. The Morgan fingerprint density at radius 1 is 1.15 bits per heavy atom. The number of sulfonamides is 1. The molecule has 3 aromatic heterocycles. The standard InChI is InChI=1S/C21H18F2N6O4S/c1-3-6-34(31,32)29-14-5-4-13(22)16(17(14)23)19(30)12-9-24-20-18(12)28-15(10-25-20)11-7-26-21(33-2)27-8-11/h4-5,7-10,29H,3,6H2,1-2H3,(H,24,25). The van der Waals surface area contributed by atoms with Gasteiger partial charge in [0.1, 0.15) is 11.3 Å². The van der Waals surface area contributed by atoms with E-state index < -0.39 is 38.7 Å². The molecule has 0 saturated heterocycles. The van der Waals surface area contributed by atoms with Gasteiger partial charge in [-0.05, 0) is 18.6 Å². The summed E-state index contributed by atoms with van der Waals surface area (Å²) in [5.74, 6) is -3.77. The first-order chi connectivity index (χ1) is 16.2. The van der Waals surface area contributed by atoms with Crippen LogP contribution in [0.5, 0.6) is 6.01 Å². The molecule has 0 spiro atoms. The highest BCUT2D eigenvalue weighted by molar-refractivity contribution is 7.92. The van der Waals surface area contributed by atoms with Crippen LogP contribution in [0.15, 0.2) is 36.9 Å². The number of hydrogen-bond acceptors (Lipinski definition) is 8. The maximum atomic E-state index is 15.1. The highest BCUT2D eigenvalue weighted by Gasteiger charge is 2.26. The molecule has 0 aliphatic carbocycles. The van der Waals surface area contributed by atoms with Crippen molar-refractivity contribution in [2.45, 2.75) is 13.3 Å². The molecule has 0 fully saturated rings. The zero-order valence-electron chi connectivity index (χ0n) is 18.0. The van der Waals surface area contributed by atoms with Crippen molar-refractivity contribution in [2.24, 2.45) is 0 Å². The van der Waals surface area contributed by atoms with Crippen LogP contribution in [0.4, 0.5) is 14.5 Å². The normalized spacial score (nSPS) is 11.5. The van der Waals surface area contributed by atoms with E-state index in [0.29, 0.717) is 17.7 Å². The molecule has 0 unspecified atom stereocenters. The molecule has 176 valence electrons. The van der Waals surface area contributed by atoms with E-state index in [1.165, 1.54) is 31.9 Å². The predicted octanol–water partition coefficient (Wildman–Crippen LogP) is 3.08. The Morgan fingerprint density at radius 2 is 1.88 bits per heavy atom. The minimum absolute atomic E-state index is 0.0640. The van der Waals surface area contributed by atoms with Crippen LogP contribution >= 0.6 is 0 Å². The topological polar surface area (TPSA) is 140 Å². The van der Waals surface area contributed by atoms with Gasteiger partial charge in [-0.2, -0.15) is 0 Å². The molecule has 0 aliphatic rings. The summed E-state index contributed by atoms with van der Waals surface area (Å²) in [7, 11) is -2.45. The summed E-state index contributed by atoms with van der Waals surface area (Å²) in [5.41, 5.74) is -0.538. The third-order valence-electron chi connectivity index (χ3n) is 4.79. The lowest BCUT2D eigenvalue weighted by Crippen LogP contribution is -2.18. The van der Waals surface area contributed by atoms with Gasteiger partial charge < -0.3 is 9.72 Å². The first kappa shape index (κ1) is 23.2. The fourth-order valence-corrected chi connectivity index (χ4v) is 4.35. The summed E-state index contributed by atoms with van der Waals surface area (Å²) in [4.78, 5) is 32.4. The number of halogens is 2. The monoisotopic (exact) mass is 488 g/mol. The van der Waals surface area contributed by atoms with Crippen molar-refractivity contribution in [3.8, 4) is 17.3 Å². The van der Waals surface area contributed by atoms with Crippen molar-refractivity contribution in [3.05, 3.63) is 59.7 Å². The Morgan fingerprint density at radius 3 is 2.56 bits per heavy atom. The fourth-order valence-electron chi connectivity index (χ4n) is 3.22. The van der Waals surface area contributed by atoms with Crippen LogP contribution in [0.25, 0.3) is 22.4 Å². The molecule has 0 saturated carbocycles. The summed E-state index contributed by atoms with van der Waals surface area (Å²) in [6.45, 7) is 1.64. The van der Waals surface area contributed by atoms with E-state index in [4.69, 9.17) is 4.74 Å². The van der Waals surface area contributed by atoms with Crippen LogP contribution in [0.3, 0.4) is 0 Å². The maximum absolute atomic E-state index is 15.1. The van der Waals surface area contributed by atoms with Crippen LogP contribution in [-0.2, 0) is 10.0 Å². The number of hydrogen-bond donors (Lipinski definition) is 2. The number of ether oxygens (including phenoxy) is 1. The van der Waals surface area contributed by atoms with Crippen LogP contribution in [0, 0.1) is 11.6 Å². The van der Waals surface area contributed by atoms with Gasteiger partial charge in [0.2, 0.25) is 15.8 Å². The number of methoxy groups -OCH3 is 1. The molecule has 0 bridgehead atoms. The van der Waals surface area contributed by atoms with E-state index in [-0.39, 0.29) is 28.5 Å². The Labute approximate surface area is 192 Å². The zero-order valence-corrected chi connectivity index (χ0v) is 18.8. The molecule has 13 heteroatoms. The van der Waals surface area contributed by atoms with E-state index >= 15 is 4.39 Å². The molecule has 34 heavy (non-hydrogen) atoms. The molecule has 0 radical (unpaired) electrons. The largest absolute Gasteiger partial charge is 0.467 e. The van der Waals surface area contributed by atoms with Gasteiger partial charge in [-0.1, -0.05) is 6.92 Å². The third-order valence-corrected chi connectivity index (χ3v) is 6.27. The van der Waals surface area contributed by atoms with E-state index in [2.05, 4.69) is 29.6 Å². The first-order valence-electron chi connectivity index (χ1n) is 9.97. The van der Waals surface area contributed by atoms with Crippen molar-refractivity contribution < 1.29 is 26.7 Å². The Bertz CT molecular complexity index is 1490. The highest BCUT2D eigenvalue weighted by Crippen LogP contribution is 2.28. The number of nitrogens with zero attached hydrogens (tertiary/aromatic N) is 4. The lowest BCUT2D eigenvalue weighted by molar-refractivity contribution is 0.103. The molecule has 0 atom stereocenters. The lowest BCUT2D eigenvalue weighted by atomic mass is 10.0. The van der Waals surface area contributed by atoms with E-state index in [1.54, 1.807) is 6.92 Å². The molecule has 0 amide bonds. The molecule has 2 N–H and O–H groups in total. The second kappa shape index (κ2) is 9.09. The summed E-state index contributed by atoms with van der Waals surface area (Å²) in [6.07, 6.45) is 5.83. The summed E-state index contributed by atoms with van der Waals surface area (Å²) in [6, 6.07) is 1.89. The predicted molar refractivity (Wildman–Crippen MR) is 119 cm³/mol. The summed E-state index contributed by atoms with van der Waals surface area (Å²) in [5, 5.41) is 0. The quantitative estimate of drug-likeness (QED) is 0.361. The van der Waals surface area contributed by atoms with Crippen LogP contribution < -0.4 is 9.46 Å². The van der Waals surface area contributed by atoms with Crippen molar-refractivity contribution in [3.63, 3.8) is 0 Å². The van der Waals surface area contributed by atoms with E-state index in [1.807, 2.05) is 0 Å². The Balaban J connectivity index is 1.76. The van der Waals surface area contributed by atoms with Crippen molar-refractivity contribution in [1.29, 1.82) is 0 Å². The minimum atomic E-state index is -3.87. The minimum Gasteiger partial charge on any atom is -0.467 e. The van der Waals surface area contributed by atoms with Crippen molar-refractivity contribution in [1.82, 2.24) is 24.9 Å². The summed E-state index contributed by atoms with van der Waals surface area (Å²) < 4.78 is 60.7. The van der Waals surface area contributed by atoms with Crippen molar-refractivity contribution in [2.75, 3.05) is 17.6 Å². The summed E-state index contributed by atoms with van der Waals surface area (Å²) >= 11 is 0. The molecular formula is C21H18F2N6O4S. The van der Waals surface area contributed by atoms with Crippen LogP contribution in [-0.4, -0.2) is 52.0 Å². The average molecular weight is 488 g/mol. The van der Waals surface area contributed by atoms with Gasteiger partial charge in [0.25, 0.3) is 0 Å². The number of ketones is 1. The van der Waals surface area contributed by atoms with Gasteiger partial charge in [0.15, 0.2) is 11.5 Å². The number of nitrogens with one attached hydrogen (secondary N) is 2. The van der Waals surface area contributed by atoms with E-state index in [0.717, 1.165) is 12.1 Å². The number of fused-ring (bicyclic) bond motifs is 1. The highest BCUT2D eigenvalue weighted by atomic mass is 32.2. The second-order valence-electron chi connectivity index (χ2n) is 7.15. The van der Waals surface area contributed by atoms with E-state index in [9.17, 15) is 17.6 Å². The molecule has 4 rings (SSSR count). The van der Waals surface area contributed by atoms with Gasteiger partial charge in [0, 0.05) is 24.2 Å². The number of carbonyl (C=O) groups excluding carboxylic acids is 1. The van der Waals surface area contributed by atoms with Gasteiger partial charge in [-0.25, -0.2) is 37.1 Å². The van der Waals surface area contributed by atoms with Gasteiger partial charge in [-0.15, -0.1) is 0 Å². The van der Waals surface area contributed by atoms with Gasteiger partial charge in [-0.3, -0.25) is 9.52 Å². The lowest BCUT2D eigenvalue weighted by Gasteiger charge is -2.11. The number of aromatic amines is 1. The number of aromatic nitrogens is 5. The Hall–Kier alpha value is -4.00. The van der Waals surface area contributed by atoms with Gasteiger partial charge >= 0.3 is 6.01 Å². The second-order valence-corrected chi connectivity index (χ2v) is 8.99. The number of anilines is 1. The number of H-pyrrole nitrogens is 1. The molecular weight excluding hydrogens is 470 g/mol. The average Bonchev–Trinajstić information content (AvgIpc) is 3.24. The van der Waals surface area contributed by atoms with Gasteiger partial charge in [0.05, 0.1) is 41.6 Å². The molecule has 4 aromatic rings. The Kier molecular flexibility index (Phi) is 6.20. The first-order valence-corrected chi connectivity index (χ1v) is 11.6. The third kappa shape index (κ3) is 4.41. The van der Waals surface area contributed by atoms with Crippen LogP contribution in [0.1, 0.15) is 29.3 Å². The molecule has 1 aromatic carbocycles.